The molecule has 0 aromatic heterocycles. The second-order valence-corrected chi connectivity index (χ2v) is 5.40. The Balaban J connectivity index is 2.22. The first-order valence-corrected chi connectivity index (χ1v) is 7.17. The van der Waals surface area contributed by atoms with Gasteiger partial charge in [-0.3, -0.25) is 4.90 Å². The molecular weight excluding hydrogens is 273 g/mol. The molecule has 1 heterocycles. The van der Waals surface area contributed by atoms with Gasteiger partial charge in [-0.2, -0.15) is 0 Å². The summed E-state index contributed by atoms with van der Waals surface area (Å²) in [7, 11) is 0. The molecule has 0 saturated carbocycles. The lowest BCUT2D eigenvalue weighted by Gasteiger charge is -2.38. The van der Waals surface area contributed by atoms with E-state index in [1.807, 2.05) is 6.92 Å². The first kappa shape index (κ1) is 15.7. The molecule has 1 aliphatic rings. The summed E-state index contributed by atoms with van der Waals surface area (Å²) in [5, 5.41) is 11.6. The van der Waals surface area contributed by atoms with Crippen LogP contribution in [0.1, 0.15) is 31.4 Å². The fourth-order valence-electron chi connectivity index (χ4n) is 2.65. The normalized spacial score (nSPS) is 24.2. The number of nitrogens with zero attached hydrogens (tertiary/aromatic N) is 2. The van der Waals surface area contributed by atoms with Crippen LogP contribution in [0.25, 0.3) is 0 Å². The van der Waals surface area contributed by atoms with Gasteiger partial charge in [0.05, 0.1) is 18.3 Å². The molecule has 1 aliphatic heterocycles. The minimum absolute atomic E-state index is 0.129. The van der Waals surface area contributed by atoms with Crippen LogP contribution in [-0.2, 0) is 11.3 Å². The third-order valence-corrected chi connectivity index (χ3v) is 3.89. The van der Waals surface area contributed by atoms with Crippen LogP contribution in [0.15, 0.2) is 23.4 Å². The molecule has 116 valence electrons. The lowest BCUT2D eigenvalue weighted by atomic mass is 10.1. The Bertz CT molecular complexity index is 522. The van der Waals surface area contributed by atoms with Crippen molar-refractivity contribution >= 4 is 5.84 Å². The summed E-state index contributed by atoms with van der Waals surface area (Å²) in [6.07, 6.45) is 1.09. The fraction of sp³-hybridized carbons (Fsp3) is 0.533. The Morgan fingerprint density at radius 1 is 1.57 bits per heavy atom. The Morgan fingerprint density at radius 3 is 3.00 bits per heavy atom. The minimum atomic E-state index is -0.429. The Hall–Kier alpha value is -1.66. The highest BCUT2D eigenvalue weighted by molar-refractivity contribution is 5.97. The Kier molecular flexibility index (Phi) is 5.14. The first-order chi connectivity index (χ1) is 10.1. The molecule has 5 nitrogen and oxygen atoms in total. The van der Waals surface area contributed by atoms with Gasteiger partial charge in [0.15, 0.2) is 5.84 Å². The average Bonchev–Trinajstić information content (AvgIpc) is 2.49. The van der Waals surface area contributed by atoms with Gasteiger partial charge in [-0.1, -0.05) is 24.2 Å². The molecule has 0 amide bonds. The van der Waals surface area contributed by atoms with E-state index in [0.717, 1.165) is 13.0 Å². The smallest absolute Gasteiger partial charge is 0.173 e. The highest BCUT2D eigenvalue weighted by Crippen LogP contribution is 2.20. The van der Waals surface area contributed by atoms with Crippen molar-refractivity contribution in [1.82, 2.24) is 4.90 Å². The number of oxime groups is 1. The fourth-order valence-corrected chi connectivity index (χ4v) is 2.65. The van der Waals surface area contributed by atoms with Gasteiger partial charge in [-0.15, -0.1) is 0 Å². The minimum Gasteiger partial charge on any atom is -0.409 e. The van der Waals surface area contributed by atoms with Gasteiger partial charge in [-0.25, -0.2) is 4.39 Å². The number of hydrogen-bond donors (Lipinski definition) is 2. The van der Waals surface area contributed by atoms with Crippen LogP contribution in [-0.4, -0.2) is 41.2 Å². The zero-order valence-electron chi connectivity index (χ0n) is 12.4. The van der Waals surface area contributed by atoms with Crippen LogP contribution in [0, 0.1) is 5.82 Å². The highest BCUT2D eigenvalue weighted by atomic mass is 19.1. The van der Waals surface area contributed by atoms with Crippen LogP contribution in [0.2, 0.25) is 0 Å². The number of rotatable bonds is 4. The molecule has 2 unspecified atom stereocenters. The third-order valence-electron chi connectivity index (χ3n) is 3.89. The van der Waals surface area contributed by atoms with E-state index in [2.05, 4.69) is 17.0 Å². The molecule has 6 heteroatoms. The second kappa shape index (κ2) is 6.87. The van der Waals surface area contributed by atoms with Crippen molar-refractivity contribution in [2.45, 2.75) is 39.0 Å². The standard InChI is InChI=1S/C15H22FN3O2/c1-3-12-9-21-10(2)7-19(12)8-11-5-4-6-13(14(11)16)15(17)18-20/h4-6,10,12,20H,3,7-9H2,1-2H3,(H2,17,18). The average molecular weight is 295 g/mol. The van der Waals surface area contributed by atoms with E-state index in [4.69, 9.17) is 15.7 Å². The zero-order chi connectivity index (χ0) is 15.4. The monoisotopic (exact) mass is 295 g/mol. The topological polar surface area (TPSA) is 71.1 Å². The highest BCUT2D eigenvalue weighted by Gasteiger charge is 2.26. The molecule has 1 saturated heterocycles. The maximum atomic E-state index is 14.5. The predicted octanol–water partition coefficient (Wildman–Crippen LogP) is 1.92. The molecule has 0 aliphatic carbocycles. The molecule has 2 atom stereocenters. The van der Waals surface area contributed by atoms with Gasteiger partial charge in [0.2, 0.25) is 0 Å². The van der Waals surface area contributed by atoms with Gasteiger partial charge in [0, 0.05) is 24.7 Å². The molecule has 3 N–H and O–H groups in total. The third kappa shape index (κ3) is 3.51. The Morgan fingerprint density at radius 2 is 2.33 bits per heavy atom. The maximum absolute atomic E-state index is 14.5. The van der Waals surface area contributed by atoms with Crippen LogP contribution in [0.3, 0.4) is 0 Å². The predicted molar refractivity (Wildman–Crippen MR) is 78.8 cm³/mol. The quantitative estimate of drug-likeness (QED) is 0.385. The number of hydrogen-bond acceptors (Lipinski definition) is 4. The first-order valence-electron chi connectivity index (χ1n) is 7.17. The van der Waals surface area contributed by atoms with Crippen molar-refractivity contribution < 1.29 is 14.3 Å². The summed E-state index contributed by atoms with van der Waals surface area (Å²) in [5.74, 6) is -0.640. The number of ether oxygens (including phenoxy) is 1. The van der Waals surface area contributed by atoms with Gasteiger partial charge >= 0.3 is 0 Å². The van der Waals surface area contributed by atoms with Crippen molar-refractivity contribution in [3.8, 4) is 0 Å². The van der Waals surface area contributed by atoms with Gasteiger partial charge in [0.25, 0.3) is 0 Å². The molecule has 1 aromatic carbocycles. The van der Waals surface area contributed by atoms with Gasteiger partial charge < -0.3 is 15.7 Å². The van der Waals surface area contributed by atoms with Crippen LogP contribution < -0.4 is 5.73 Å². The molecular formula is C15H22FN3O2. The van der Waals surface area contributed by atoms with Crippen molar-refractivity contribution in [1.29, 1.82) is 0 Å². The van der Waals surface area contributed by atoms with Crippen LogP contribution in [0.5, 0.6) is 0 Å². The van der Waals surface area contributed by atoms with E-state index in [1.54, 1.807) is 12.1 Å². The summed E-state index contributed by atoms with van der Waals surface area (Å²) in [5.41, 5.74) is 6.18. The molecule has 1 fully saturated rings. The van der Waals surface area contributed by atoms with E-state index >= 15 is 0 Å². The molecule has 2 rings (SSSR count). The number of nitrogens with two attached hydrogens (primary N) is 1. The number of morpholine rings is 1. The van der Waals surface area contributed by atoms with Crippen molar-refractivity contribution in [2.75, 3.05) is 13.2 Å². The Labute approximate surface area is 124 Å². The van der Waals surface area contributed by atoms with E-state index in [0.29, 0.717) is 18.7 Å². The van der Waals surface area contributed by atoms with Crippen LogP contribution >= 0.6 is 0 Å². The molecule has 21 heavy (non-hydrogen) atoms. The molecule has 0 bridgehead atoms. The summed E-state index contributed by atoms with van der Waals surface area (Å²) < 4.78 is 20.1. The van der Waals surface area contributed by atoms with E-state index in [1.165, 1.54) is 6.07 Å². The summed E-state index contributed by atoms with van der Waals surface area (Å²) in [4.78, 5) is 2.22. The second-order valence-electron chi connectivity index (χ2n) is 5.40. The van der Waals surface area contributed by atoms with Gasteiger partial charge in [0.1, 0.15) is 5.82 Å². The van der Waals surface area contributed by atoms with E-state index in [9.17, 15) is 4.39 Å². The number of benzene rings is 1. The SMILES string of the molecule is CCC1COC(C)CN1Cc1cccc(/C(N)=N/O)c1F. The van der Waals surface area contributed by atoms with Crippen LogP contribution in [0.4, 0.5) is 4.39 Å². The summed E-state index contributed by atoms with van der Waals surface area (Å²) >= 11 is 0. The summed E-state index contributed by atoms with van der Waals surface area (Å²) in [6, 6.07) is 5.24. The lowest BCUT2D eigenvalue weighted by Crippen LogP contribution is -2.48. The maximum Gasteiger partial charge on any atom is 0.173 e. The molecule has 0 radical (unpaired) electrons. The number of halogens is 1. The molecule has 0 spiro atoms. The number of amidine groups is 1. The molecule has 1 aromatic rings. The van der Waals surface area contributed by atoms with Crippen molar-refractivity contribution in [3.63, 3.8) is 0 Å². The van der Waals surface area contributed by atoms with Gasteiger partial charge in [-0.05, 0) is 19.4 Å². The van der Waals surface area contributed by atoms with E-state index < -0.39 is 5.82 Å². The lowest BCUT2D eigenvalue weighted by molar-refractivity contribution is -0.0595. The summed E-state index contributed by atoms with van der Waals surface area (Å²) in [6.45, 7) is 6.04. The van der Waals surface area contributed by atoms with Crippen molar-refractivity contribution in [2.24, 2.45) is 10.9 Å². The largest absolute Gasteiger partial charge is 0.409 e. The van der Waals surface area contributed by atoms with E-state index in [-0.39, 0.29) is 23.5 Å². The zero-order valence-corrected chi connectivity index (χ0v) is 12.4. The van der Waals surface area contributed by atoms with Crippen molar-refractivity contribution in [3.05, 3.63) is 35.1 Å².